The van der Waals surface area contributed by atoms with Crippen molar-refractivity contribution >= 4 is 50.7 Å². The fourth-order valence-electron chi connectivity index (χ4n) is 3.02. The predicted molar refractivity (Wildman–Crippen MR) is 129 cm³/mol. The second kappa shape index (κ2) is 10.6. The van der Waals surface area contributed by atoms with Gasteiger partial charge >= 0.3 is 0 Å². The monoisotopic (exact) mass is 448 g/mol. The van der Waals surface area contributed by atoms with E-state index >= 15 is 0 Å². The van der Waals surface area contributed by atoms with Gasteiger partial charge < -0.3 is 14.5 Å². The van der Waals surface area contributed by atoms with E-state index in [9.17, 15) is 4.79 Å². The summed E-state index contributed by atoms with van der Waals surface area (Å²) in [7, 11) is 9.69. The molecule has 1 heterocycles. The van der Waals surface area contributed by atoms with Crippen molar-refractivity contribution in [3.63, 3.8) is 0 Å². The summed E-state index contributed by atoms with van der Waals surface area (Å²) in [5, 5.41) is 0.716. The van der Waals surface area contributed by atoms with Gasteiger partial charge in [-0.05, 0) is 63.5 Å². The van der Waals surface area contributed by atoms with E-state index in [1.165, 1.54) is 11.3 Å². The van der Waals surface area contributed by atoms with E-state index in [2.05, 4.69) is 4.90 Å². The SMILES string of the molecule is COc1ccc2sc(N(CCCN(C)C)C(=O)c3ccc(N(C)C)cc3)nc2c1.Cl. The third-order valence-electron chi connectivity index (χ3n) is 4.68. The highest BCUT2D eigenvalue weighted by molar-refractivity contribution is 7.22. The van der Waals surface area contributed by atoms with Crippen molar-refractivity contribution in [3.05, 3.63) is 48.0 Å². The van der Waals surface area contributed by atoms with Crippen LogP contribution < -0.4 is 14.5 Å². The van der Waals surface area contributed by atoms with Crippen LogP contribution in [0.2, 0.25) is 0 Å². The van der Waals surface area contributed by atoms with E-state index < -0.39 is 0 Å². The van der Waals surface area contributed by atoms with Crippen molar-refractivity contribution in [2.24, 2.45) is 0 Å². The average Bonchev–Trinajstić information content (AvgIpc) is 3.13. The van der Waals surface area contributed by atoms with Crippen LogP contribution in [-0.2, 0) is 0 Å². The molecule has 0 saturated carbocycles. The number of aromatic nitrogens is 1. The number of carbonyl (C=O) groups is 1. The molecular weight excluding hydrogens is 420 g/mol. The number of thiazole rings is 1. The zero-order valence-corrected chi connectivity index (χ0v) is 19.7. The van der Waals surface area contributed by atoms with Gasteiger partial charge in [0.1, 0.15) is 5.75 Å². The molecule has 0 atom stereocenters. The minimum atomic E-state index is -0.0277. The van der Waals surface area contributed by atoms with E-state index in [1.54, 1.807) is 12.0 Å². The second-order valence-electron chi connectivity index (χ2n) is 7.39. The Kier molecular flexibility index (Phi) is 8.46. The molecule has 0 spiro atoms. The Labute approximate surface area is 188 Å². The summed E-state index contributed by atoms with van der Waals surface area (Å²) in [4.78, 5) is 24.0. The molecule has 0 saturated heterocycles. The molecule has 8 heteroatoms. The number of hydrogen-bond donors (Lipinski definition) is 0. The molecule has 0 aliphatic heterocycles. The van der Waals surface area contributed by atoms with E-state index in [-0.39, 0.29) is 18.3 Å². The zero-order chi connectivity index (χ0) is 21.0. The highest BCUT2D eigenvalue weighted by Gasteiger charge is 2.21. The van der Waals surface area contributed by atoms with Crippen molar-refractivity contribution in [2.75, 3.05) is 58.2 Å². The number of carbonyl (C=O) groups excluding carboxylic acids is 1. The molecule has 30 heavy (non-hydrogen) atoms. The Balaban J connectivity index is 0.00000320. The molecule has 6 nitrogen and oxygen atoms in total. The van der Waals surface area contributed by atoms with Crippen LogP contribution >= 0.6 is 23.7 Å². The van der Waals surface area contributed by atoms with Crippen LogP contribution in [0.5, 0.6) is 5.75 Å². The largest absolute Gasteiger partial charge is 0.497 e. The smallest absolute Gasteiger partial charge is 0.260 e. The number of anilines is 2. The number of fused-ring (bicyclic) bond motifs is 1. The summed E-state index contributed by atoms with van der Waals surface area (Å²) in [5.74, 6) is 0.735. The van der Waals surface area contributed by atoms with Crippen LogP contribution in [0.4, 0.5) is 10.8 Å². The lowest BCUT2D eigenvalue weighted by atomic mass is 10.1. The van der Waals surface area contributed by atoms with Gasteiger partial charge in [-0.1, -0.05) is 11.3 Å². The Morgan fingerprint density at radius 1 is 1.03 bits per heavy atom. The summed E-state index contributed by atoms with van der Waals surface area (Å²) >= 11 is 1.53. The maximum atomic E-state index is 13.3. The van der Waals surface area contributed by atoms with Gasteiger partial charge in [0.2, 0.25) is 0 Å². The number of methoxy groups -OCH3 is 1. The number of ether oxygens (including phenoxy) is 1. The first-order valence-corrected chi connectivity index (χ1v) is 10.4. The quantitative estimate of drug-likeness (QED) is 0.511. The first-order chi connectivity index (χ1) is 13.9. The molecular formula is C22H29ClN4O2S. The van der Waals surface area contributed by atoms with Crippen molar-refractivity contribution in [1.82, 2.24) is 9.88 Å². The third-order valence-corrected chi connectivity index (χ3v) is 5.74. The molecule has 0 fully saturated rings. The summed E-state index contributed by atoms with van der Waals surface area (Å²) in [5.41, 5.74) is 2.57. The van der Waals surface area contributed by atoms with Crippen molar-refractivity contribution in [2.45, 2.75) is 6.42 Å². The lowest BCUT2D eigenvalue weighted by Crippen LogP contribution is -2.33. The van der Waals surface area contributed by atoms with Gasteiger partial charge in [0.05, 0.1) is 17.3 Å². The van der Waals surface area contributed by atoms with E-state index in [4.69, 9.17) is 9.72 Å². The number of amides is 1. The van der Waals surface area contributed by atoms with Crippen LogP contribution in [0, 0.1) is 0 Å². The number of rotatable bonds is 8. The van der Waals surface area contributed by atoms with Gasteiger partial charge in [0, 0.05) is 38.0 Å². The fraction of sp³-hybridized carbons (Fsp3) is 0.364. The van der Waals surface area contributed by atoms with E-state index in [1.807, 2.05) is 75.6 Å². The Morgan fingerprint density at radius 2 is 1.73 bits per heavy atom. The molecule has 0 radical (unpaired) electrons. The molecule has 2 aromatic carbocycles. The molecule has 0 aliphatic carbocycles. The van der Waals surface area contributed by atoms with Crippen molar-refractivity contribution < 1.29 is 9.53 Å². The molecule has 162 valence electrons. The van der Waals surface area contributed by atoms with Gasteiger partial charge in [-0.15, -0.1) is 12.4 Å². The summed E-state index contributed by atoms with van der Waals surface area (Å²) in [6.45, 7) is 1.52. The number of nitrogens with zero attached hydrogens (tertiary/aromatic N) is 4. The lowest BCUT2D eigenvalue weighted by Gasteiger charge is -2.21. The average molecular weight is 449 g/mol. The van der Waals surface area contributed by atoms with E-state index in [0.29, 0.717) is 17.2 Å². The maximum absolute atomic E-state index is 13.3. The molecule has 0 bridgehead atoms. The molecule has 0 N–H and O–H groups in total. The van der Waals surface area contributed by atoms with Crippen LogP contribution in [0.3, 0.4) is 0 Å². The van der Waals surface area contributed by atoms with Crippen LogP contribution in [0.1, 0.15) is 16.8 Å². The molecule has 0 aliphatic rings. The highest BCUT2D eigenvalue weighted by Crippen LogP contribution is 2.32. The van der Waals surface area contributed by atoms with Gasteiger partial charge in [0.25, 0.3) is 5.91 Å². The standard InChI is InChI=1S/C22H28N4O2S.ClH/c1-24(2)13-6-14-26(21(27)16-7-9-17(10-8-16)25(3)4)22-23-19-15-18(28-5)11-12-20(19)29-22;/h7-12,15H,6,13-14H2,1-5H3;1H. The predicted octanol–water partition coefficient (Wildman–Crippen LogP) is 4.39. The molecule has 1 amide bonds. The van der Waals surface area contributed by atoms with Gasteiger partial charge in [-0.3, -0.25) is 9.69 Å². The highest BCUT2D eigenvalue weighted by atomic mass is 35.5. The number of hydrogen-bond acceptors (Lipinski definition) is 6. The summed E-state index contributed by atoms with van der Waals surface area (Å²) < 4.78 is 6.34. The fourth-order valence-corrected chi connectivity index (χ4v) is 3.99. The third kappa shape index (κ3) is 5.62. The van der Waals surface area contributed by atoms with Crippen molar-refractivity contribution in [3.8, 4) is 5.75 Å². The zero-order valence-electron chi connectivity index (χ0n) is 18.1. The van der Waals surface area contributed by atoms with Crippen molar-refractivity contribution in [1.29, 1.82) is 0 Å². The summed E-state index contributed by atoms with van der Waals surface area (Å²) in [6.07, 6.45) is 0.869. The molecule has 1 aromatic heterocycles. The second-order valence-corrected chi connectivity index (χ2v) is 8.39. The topological polar surface area (TPSA) is 48.9 Å². The van der Waals surface area contributed by atoms with Gasteiger partial charge in [-0.2, -0.15) is 0 Å². The first-order valence-electron chi connectivity index (χ1n) is 9.57. The van der Waals surface area contributed by atoms with Crippen LogP contribution in [-0.4, -0.2) is 64.2 Å². The van der Waals surface area contributed by atoms with Crippen LogP contribution in [0.15, 0.2) is 42.5 Å². The Morgan fingerprint density at radius 3 is 2.33 bits per heavy atom. The van der Waals surface area contributed by atoms with E-state index in [0.717, 1.165) is 34.6 Å². The first kappa shape index (κ1) is 23.9. The minimum Gasteiger partial charge on any atom is -0.497 e. The number of halogens is 1. The minimum absolute atomic E-state index is 0. The molecule has 0 unspecified atom stereocenters. The maximum Gasteiger partial charge on any atom is 0.260 e. The Hall–Kier alpha value is -2.35. The summed E-state index contributed by atoms with van der Waals surface area (Å²) in [6, 6.07) is 13.5. The van der Waals surface area contributed by atoms with Gasteiger partial charge in [-0.25, -0.2) is 4.98 Å². The molecule has 3 aromatic rings. The molecule has 3 rings (SSSR count). The number of benzene rings is 2. The van der Waals surface area contributed by atoms with Crippen LogP contribution in [0.25, 0.3) is 10.2 Å². The Bertz CT molecular complexity index is 973. The lowest BCUT2D eigenvalue weighted by molar-refractivity contribution is 0.0986. The normalized spacial score (nSPS) is 10.7. The van der Waals surface area contributed by atoms with Gasteiger partial charge in [0.15, 0.2) is 5.13 Å².